The number of nitrogens with zero attached hydrogens (tertiary/aromatic N) is 2. The lowest BCUT2D eigenvalue weighted by Gasteiger charge is -2.25. The Bertz CT molecular complexity index is 1060. The van der Waals surface area contributed by atoms with Crippen LogP contribution in [0.4, 0.5) is 0 Å². The van der Waals surface area contributed by atoms with Gasteiger partial charge in [0, 0.05) is 6.54 Å². The van der Waals surface area contributed by atoms with Gasteiger partial charge in [-0.25, -0.2) is 4.68 Å². The first kappa shape index (κ1) is 20.3. The van der Waals surface area contributed by atoms with Crippen LogP contribution in [0.25, 0.3) is 5.69 Å². The van der Waals surface area contributed by atoms with Crippen molar-refractivity contribution in [2.24, 2.45) is 0 Å². The summed E-state index contributed by atoms with van der Waals surface area (Å²) in [7, 11) is 0. The van der Waals surface area contributed by atoms with Gasteiger partial charge in [-0.3, -0.25) is 9.59 Å². The summed E-state index contributed by atoms with van der Waals surface area (Å²) in [6.45, 7) is 7.41. The van der Waals surface area contributed by atoms with Gasteiger partial charge in [-0.05, 0) is 50.5 Å². The lowest BCUT2D eigenvalue weighted by atomic mass is 9.82. The Balaban J connectivity index is 1.84. The molecular formula is C23H25N3O3. The van der Waals surface area contributed by atoms with Gasteiger partial charge >= 0.3 is 5.97 Å². The summed E-state index contributed by atoms with van der Waals surface area (Å²) in [5.74, 6) is -1.34. The molecule has 29 heavy (non-hydrogen) atoms. The second-order valence-electron chi connectivity index (χ2n) is 7.53. The third kappa shape index (κ3) is 3.92. The zero-order valence-electron chi connectivity index (χ0n) is 17.1. The number of aromatic nitrogens is 2. The van der Waals surface area contributed by atoms with Crippen molar-refractivity contribution in [1.29, 1.82) is 0 Å². The molecule has 150 valence electrons. The van der Waals surface area contributed by atoms with Crippen LogP contribution < -0.4 is 5.32 Å². The monoisotopic (exact) mass is 391 g/mol. The minimum absolute atomic E-state index is 0.0285. The van der Waals surface area contributed by atoms with Crippen molar-refractivity contribution in [2.45, 2.75) is 33.1 Å². The van der Waals surface area contributed by atoms with Crippen molar-refractivity contribution in [3.05, 3.63) is 82.7 Å². The van der Waals surface area contributed by atoms with Gasteiger partial charge in [0.25, 0.3) is 5.91 Å². The van der Waals surface area contributed by atoms with E-state index in [1.54, 1.807) is 35.9 Å². The van der Waals surface area contributed by atoms with E-state index in [4.69, 9.17) is 0 Å². The molecule has 0 saturated heterocycles. The third-order valence-electron chi connectivity index (χ3n) is 5.33. The van der Waals surface area contributed by atoms with Crippen molar-refractivity contribution in [2.75, 3.05) is 6.54 Å². The van der Waals surface area contributed by atoms with E-state index >= 15 is 0 Å². The molecule has 0 aliphatic heterocycles. The molecule has 0 aliphatic rings. The minimum Gasteiger partial charge on any atom is -0.481 e. The summed E-state index contributed by atoms with van der Waals surface area (Å²) in [5.41, 5.74) is 3.60. The summed E-state index contributed by atoms with van der Waals surface area (Å²) in [4.78, 5) is 24.7. The first-order valence-electron chi connectivity index (χ1n) is 9.43. The number of carbonyl (C=O) groups excluding carboxylic acids is 1. The van der Waals surface area contributed by atoms with Gasteiger partial charge in [-0.2, -0.15) is 5.10 Å². The number of rotatable bonds is 6. The molecule has 2 N–H and O–H groups in total. The van der Waals surface area contributed by atoms with Crippen molar-refractivity contribution >= 4 is 11.9 Å². The number of aliphatic carboxylic acids is 1. The summed E-state index contributed by atoms with van der Waals surface area (Å²) in [5, 5.41) is 16.9. The number of benzene rings is 2. The molecule has 0 fully saturated rings. The summed E-state index contributed by atoms with van der Waals surface area (Å²) < 4.78 is 1.74. The fraction of sp³-hybridized carbons (Fsp3) is 0.261. The molecule has 3 rings (SSSR count). The number of aryl methyl sites for hydroxylation is 2. The topological polar surface area (TPSA) is 84.2 Å². The summed E-state index contributed by atoms with van der Waals surface area (Å²) >= 11 is 0. The summed E-state index contributed by atoms with van der Waals surface area (Å²) in [6.07, 6.45) is 1.52. The molecular weight excluding hydrogens is 366 g/mol. The maximum atomic E-state index is 12.8. The van der Waals surface area contributed by atoms with Crippen LogP contribution in [0.15, 0.2) is 54.7 Å². The van der Waals surface area contributed by atoms with Gasteiger partial charge in [-0.15, -0.1) is 0 Å². The van der Waals surface area contributed by atoms with Gasteiger partial charge in [0.05, 0.1) is 23.1 Å². The predicted molar refractivity (Wildman–Crippen MR) is 112 cm³/mol. The number of hydrogen-bond acceptors (Lipinski definition) is 3. The molecule has 6 nitrogen and oxygen atoms in total. The first-order chi connectivity index (χ1) is 13.7. The standard InChI is InChI=1S/C23H25N3O3/c1-15-10-11-16(2)20(12-15)26-17(3)19(13-25-26)21(27)24-14-23(4,22(28)29)18-8-6-5-7-9-18/h5-13H,14H2,1-4H3,(H,24,27)(H,28,29). The first-order valence-corrected chi connectivity index (χ1v) is 9.43. The van der Waals surface area contributed by atoms with E-state index in [-0.39, 0.29) is 12.5 Å². The zero-order chi connectivity index (χ0) is 21.2. The van der Waals surface area contributed by atoms with E-state index in [2.05, 4.69) is 10.4 Å². The van der Waals surface area contributed by atoms with Crippen LogP contribution >= 0.6 is 0 Å². The fourth-order valence-electron chi connectivity index (χ4n) is 3.28. The van der Waals surface area contributed by atoms with Crippen LogP contribution in [-0.2, 0) is 10.2 Å². The Morgan fingerprint density at radius 1 is 1.10 bits per heavy atom. The van der Waals surface area contributed by atoms with Crippen LogP contribution in [0.3, 0.4) is 0 Å². The van der Waals surface area contributed by atoms with Gasteiger partial charge < -0.3 is 10.4 Å². The molecule has 0 saturated carbocycles. The van der Waals surface area contributed by atoms with Crippen LogP contribution in [0.2, 0.25) is 0 Å². The Morgan fingerprint density at radius 3 is 2.45 bits per heavy atom. The Morgan fingerprint density at radius 2 is 1.79 bits per heavy atom. The Kier molecular flexibility index (Phi) is 5.55. The minimum atomic E-state index is -1.23. The van der Waals surface area contributed by atoms with E-state index in [9.17, 15) is 14.7 Å². The van der Waals surface area contributed by atoms with Crippen molar-refractivity contribution in [1.82, 2.24) is 15.1 Å². The molecule has 0 bridgehead atoms. The number of carboxylic acid groups (broad SMARTS) is 1. The van der Waals surface area contributed by atoms with E-state index < -0.39 is 11.4 Å². The largest absolute Gasteiger partial charge is 0.481 e. The van der Waals surface area contributed by atoms with E-state index in [1.807, 2.05) is 45.0 Å². The molecule has 3 aromatic rings. The molecule has 1 amide bonds. The highest BCUT2D eigenvalue weighted by atomic mass is 16.4. The number of carboxylic acids is 1. The molecule has 1 heterocycles. The van der Waals surface area contributed by atoms with E-state index in [0.717, 1.165) is 16.8 Å². The quantitative estimate of drug-likeness (QED) is 0.673. The number of hydrogen-bond donors (Lipinski definition) is 2. The van der Waals surface area contributed by atoms with Gasteiger partial charge in [0.15, 0.2) is 0 Å². The van der Waals surface area contributed by atoms with Crippen molar-refractivity contribution in [3.8, 4) is 5.69 Å². The second kappa shape index (κ2) is 7.91. The maximum absolute atomic E-state index is 12.8. The number of nitrogens with one attached hydrogen (secondary N) is 1. The molecule has 2 aromatic carbocycles. The number of amides is 1. The van der Waals surface area contributed by atoms with Crippen LogP contribution in [0.1, 0.15) is 39.7 Å². The lowest BCUT2D eigenvalue weighted by molar-refractivity contribution is -0.142. The fourth-order valence-corrected chi connectivity index (χ4v) is 3.28. The predicted octanol–water partition coefficient (Wildman–Crippen LogP) is 3.57. The smallest absolute Gasteiger partial charge is 0.315 e. The average molecular weight is 391 g/mol. The average Bonchev–Trinajstić information content (AvgIpc) is 3.09. The van der Waals surface area contributed by atoms with E-state index in [0.29, 0.717) is 16.8 Å². The normalized spacial score (nSPS) is 13.0. The Hall–Kier alpha value is -3.41. The second-order valence-corrected chi connectivity index (χ2v) is 7.53. The van der Waals surface area contributed by atoms with Crippen molar-refractivity contribution in [3.63, 3.8) is 0 Å². The molecule has 1 atom stereocenters. The molecule has 0 radical (unpaired) electrons. The highest BCUT2D eigenvalue weighted by Crippen LogP contribution is 2.24. The van der Waals surface area contributed by atoms with Gasteiger partial charge in [-0.1, -0.05) is 42.5 Å². The number of carbonyl (C=O) groups is 2. The van der Waals surface area contributed by atoms with Crippen LogP contribution in [0.5, 0.6) is 0 Å². The lowest BCUT2D eigenvalue weighted by Crippen LogP contribution is -2.44. The van der Waals surface area contributed by atoms with Crippen molar-refractivity contribution < 1.29 is 14.7 Å². The molecule has 1 aromatic heterocycles. The highest BCUT2D eigenvalue weighted by molar-refractivity contribution is 5.95. The molecule has 0 aliphatic carbocycles. The zero-order valence-corrected chi connectivity index (χ0v) is 17.1. The van der Waals surface area contributed by atoms with E-state index in [1.165, 1.54) is 6.20 Å². The maximum Gasteiger partial charge on any atom is 0.315 e. The van der Waals surface area contributed by atoms with Gasteiger partial charge in [0.2, 0.25) is 0 Å². The Labute approximate surface area is 170 Å². The summed E-state index contributed by atoms with van der Waals surface area (Å²) in [6, 6.07) is 15.0. The highest BCUT2D eigenvalue weighted by Gasteiger charge is 2.35. The van der Waals surface area contributed by atoms with Crippen LogP contribution in [0, 0.1) is 20.8 Å². The third-order valence-corrected chi connectivity index (χ3v) is 5.33. The van der Waals surface area contributed by atoms with Gasteiger partial charge in [0.1, 0.15) is 5.41 Å². The molecule has 1 unspecified atom stereocenters. The van der Waals surface area contributed by atoms with Crippen LogP contribution in [-0.4, -0.2) is 33.3 Å². The SMILES string of the molecule is Cc1ccc(C)c(-n2ncc(C(=O)NCC(C)(C(=O)O)c3ccccc3)c2C)c1. The molecule has 0 spiro atoms. The molecule has 6 heteroatoms.